The molecule has 0 spiro atoms. The topological polar surface area (TPSA) is 163 Å². The Bertz CT molecular complexity index is 1000. The minimum absolute atomic E-state index is 0.0136. The summed E-state index contributed by atoms with van der Waals surface area (Å²) >= 11 is 0. The number of nitrogens with one attached hydrogen (secondary N) is 2. The maximum atomic E-state index is 12.9. The molecule has 0 aromatic carbocycles. The van der Waals surface area contributed by atoms with E-state index in [1.165, 1.54) is 89.3 Å². The molecule has 1 aromatic rings. The first-order chi connectivity index (χ1) is 20.7. The van der Waals surface area contributed by atoms with Crippen LogP contribution < -0.4 is 16.3 Å². The number of aliphatic hydroxyl groups excluding tert-OH is 3. The van der Waals surface area contributed by atoms with Gasteiger partial charge in [-0.3, -0.25) is 14.2 Å². The lowest BCUT2D eigenvalue weighted by Gasteiger charge is -2.22. The van der Waals surface area contributed by atoms with Crippen LogP contribution in [0.25, 0.3) is 0 Å². The van der Waals surface area contributed by atoms with Crippen LogP contribution in [-0.4, -0.2) is 67.6 Å². The predicted octanol–water partition coefficient (Wildman–Crippen LogP) is 4.20. The Hall–Kier alpha value is -2.34. The number of carbonyl (C=O) groups excluding carboxylic acids is 2. The van der Waals surface area contributed by atoms with Gasteiger partial charge in [-0.05, 0) is 18.4 Å². The van der Waals surface area contributed by atoms with Crippen LogP contribution in [0.3, 0.4) is 0 Å². The van der Waals surface area contributed by atoms with Crippen LogP contribution in [0.1, 0.15) is 130 Å². The lowest BCUT2D eigenvalue weighted by atomic mass is 10.0. The molecule has 1 aliphatic heterocycles. The molecule has 0 saturated carbocycles. The highest BCUT2D eigenvalue weighted by atomic mass is 16.6. The highest BCUT2D eigenvalue weighted by Gasteiger charge is 2.43. The summed E-state index contributed by atoms with van der Waals surface area (Å²) in [5.74, 6) is -0.877. The molecule has 1 saturated heterocycles. The quantitative estimate of drug-likeness (QED) is 0.122. The molecule has 0 bridgehead atoms. The van der Waals surface area contributed by atoms with Gasteiger partial charge < -0.3 is 30.7 Å². The van der Waals surface area contributed by atoms with E-state index in [0.29, 0.717) is 6.42 Å². The monoisotopic (exact) mass is 608 g/mol. The van der Waals surface area contributed by atoms with Crippen molar-refractivity contribution in [1.29, 1.82) is 0 Å². The molecule has 2 heterocycles. The normalized spacial score (nSPS) is 20.8. The summed E-state index contributed by atoms with van der Waals surface area (Å²) in [7, 11) is 0. The van der Waals surface area contributed by atoms with Crippen molar-refractivity contribution < 1.29 is 29.6 Å². The molecular formula is C32H56N4O7. The number of carbonyl (C=O) groups is 2. The predicted molar refractivity (Wildman–Crippen MR) is 166 cm³/mol. The first-order valence-electron chi connectivity index (χ1n) is 16.5. The van der Waals surface area contributed by atoms with Crippen LogP contribution in [0.5, 0.6) is 0 Å². The molecule has 1 aliphatic rings. The summed E-state index contributed by atoms with van der Waals surface area (Å²) in [5, 5.41) is 34.8. The van der Waals surface area contributed by atoms with Gasteiger partial charge in [-0.25, -0.2) is 4.79 Å². The van der Waals surface area contributed by atoms with Gasteiger partial charge in [-0.2, -0.15) is 4.98 Å². The SMILES string of the molecule is CCCCCCCCCCCCCCCCCC(=O)N[C@H](C(=O)Nc1ccn([C@H]2O[C@@H](CO)[C@H](O)[C@H]2O)c(=O)n1)C(C)C. The number of unbranched alkanes of at least 4 members (excludes halogenated alkanes) is 14. The van der Waals surface area contributed by atoms with Gasteiger partial charge in [0.05, 0.1) is 6.61 Å². The van der Waals surface area contributed by atoms with Gasteiger partial charge >= 0.3 is 5.69 Å². The van der Waals surface area contributed by atoms with Crippen LogP contribution in [0.4, 0.5) is 5.82 Å². The van der Waals surface area contributed by atoms with E-state index in [4.69, 9.17) is 4.74 Å². The summed E-state index contributed by atoms with van der Waals surface area (Å²) in [4.78, 5) is 41.9. The average Bonchev–Trinajstić information content (AvgIpc) is 3.26. The molecule has 1 aromatic heterocycles. The number of rotatable bonds is 22. The van der Waals surface area contributed by atoms with Gasteiger partial charge in [0.15, 0.2) is 6.23 Å². The van der Waals surface area contributed by atoms with E-state index >= 15 is 0 Å². The van der Waals surface area contributed by atoms with E-state index in [1.54, 1.807) is 0 Å². The molecule has 11 nitrogen and oxygen atoms in total. The van der Waals surface area contributed by atoms with Crippen molar-refractivity contribution in [1.82, 2.24) is 14.9 Å². The fraction of sp³-hybridized carbons (Fsp3) is 0.812. The van der Waals surface area contributed by atoms with Crippen molar-refractivity contribution in [3.8, 4) is 0 Å². The standard InChI is InChI=1S/C32H56N4O7/c1-4-5-6-7-8-9-10-11-12-13-14-15-16-17-18-19-26(38)35-27(23(2)3)30(41)33-25-20-21-36(32(42)34-25)31-29(40)28(39)24(22-37)43-31/h20-21,23-24,27-29,31,37,39-40H,4-19,22H2,1-3H3,(H,35,38)(H,33,34,41,42)/t24-,27-,28-,29+,31-/m0/s1. The van der Waals surface area contributed by atoms with E-state index < -0.39 is 48.8 Å². The largest absolute Gasteiger partial charge is 0.394 e. The Morgan fingerprint density at radius 2 is 1.44 bits per heavy atom. The summed E-state index contributed by atoms with van der Waals surface area (Å²) in [5.41, 5.74) is -0.814. The lowest BCUT2D eigenvalue weighted by Crippen LogP contribution is -2.47. The molecule has 43 heavy (non-hydrogen) atoms. The minimum atomic E-state index is -1.43. The van der Waals surface area contributed by atoms with Crippen molar-refractivity contribution >= 4 is 17.6 Å². The number of anilines is 1. The average molecular weight is 609 g/mol. The van der Waals surface area contributed by atoms with E-state index in [-0.39, 0.29) is 17.6 Å². The Morgan fingerprint density at radius 1 is 0.907 bits per heavy atom. The smallest absolute Gasteiger partial charge is 0.351 e. The van der Waals surface area contributed by atoms with E-state index in [0.717, 1.165) is 23.8 Å². The number of hydrogen-bond acceptors (Lipinski definition) is 8. The molecule has 5 N–H and O–H groups in total. The van der Waals surface area contributed by atoms with E-state index in [1.807, 2.05) is 13.8 Å². The lowest BCUT2D eigenvalue weighted by molar-refractivity contribution is -0.127. The van der Waals surface area contributed by atoms with Crippen molar-refractivity contribution in [3.05, 3.63) is 22.7 Å². The van der Waals surface area contributed by atoms with Gasteiger partial charge in [0.1, 0.15) is 30.2 Å². The fourth-order valence-corrected chi connectivity index (χ4v) is 5.43. The van der Waals surface area contributed by atoms with Crippen molar-refractivity contribution in [2.24, 2.45) is 5.92 Å². The van der Waals surface area contributed by atoms with Gasteiger partial charge in [0, 0.05) is 12.6 Å². The highest BCUT2D eigenvalue weighted by Crippen LogP contribution is 2.28. The number of aliphatic hydroxyl groups is 3. The summed E-state index contributed by atoms with van der Waals surface area (Å²) < 4.78 is 6.35. The van der Waals surface area contributed by atoms with Crippen molar-refractivity contribution in [2.75, 3.05) is 11.9 Å². The third-order valence-corrected chi connectivity index (χ3v) is 8.15. The van der Waals surface area contributed by atoms with Crippen LogP contribution in [0.15, 0.2) is 17.1 Å². The third-order valence-electron chi connectivity index (χ3n) is 8.15. The molecule has 11 heteroatoms. The fourth-order valence-electron chi connectivity index (χ4n) is 5.43. The second-order valence-electron chi connectivity index (χ2n) is 12.2. The first-order valence-corrected chi connectivity index (χ1v) is 16.5. The Balaban J connectivity index is 1.65. The van der Waals surface area contributed by atoms with Crippen LogP contribution in [0, 0.1) is 5.92 Å². The molecule has 1 fully saturated rings. The van der Waals surface area contributed by atoms with E-state index in [2.05, 4.69) is 22.5 Å². The number of nitrogens with zero attached hydrogens (tertiary/aromatic N) is 2. The minimum Gasteiger partial charge on any atom is -0.394 e. The van der Waals surface area contributed by atoms with Gasteiger partial charge in [-0.15, -0.1) is 0 Å². The number of hydrogen-bond donors (Lipinski definition) is 5. The molecule has 2 amide bonds. The highest BCUT2D eigenvalue weighted by molar-refractivity contribution is 5.96. The Kier molecular flexibility index (Phi) is 17.6. The van der Waals surface area contributed by atoms with Crippen molar-refractivity contribution in [2.45, 2.75) is 154 Å². The van der Waals surface area contributed by atoms with Crippen LogP contribution >= 0.6 is 0 Å². The summed E-state index contributed by atoms with van der Waals surface area (Å²) in [6, 6.07) is 0.566. The van der Waals surface area contributed by atoms with Gasteiger partial charge in [0.2, 0.25) is 11.8 Å². The maximum absolute atomic E-state index is 12.9. The van der Waals surface area contributed by atoms with Gasteiger partial charge in [0.25, 0.3) is 0 Å². The molecule has 0 aliphatic carbocycles. The molecule has 246 valence electrons. The number of ether oxygens (including phenoxy) is 1. The molecular weight excluding hydrogens is 552 g/mol. The van der Waals surface area contributed by atoms with Gasteiger partial charge in [-0.1, -0.05) is 111 Å². The molecule has 0 unspecified atom stereocenters. The summed E-state index contributed by atoms with van der Waals surface area (Å²) in [6.45, 7) is 5.38. The Labute approximate surface area is 256 Å². The zero-order valence-electron chi connectivity index (χ0n) is 26.5. The maximum Gasteiger partial charge on any atom is 0.351 e. The van der Waals surface area contributed by atoms with Crippen molar-refractivity contribution in [3.63, 3.8) is 0 Å². The van der Waals surface area contributed by atoms with Crippen LogP contribution in [0.2, 0.25) is 0 Å². The zero-order chi connectivity index (χ0) is 31.6. The third kappa shape index (κ3) is 13.0. The second kappa shape index (κ2) is 20.6. The number of aromatic nitrogens is 2. The first kappa shape index (κ1) is 36.8. The molecule has 5 atom stereocenters. The zero-order valence-corrected chi connectivity index (χ0v) is 26.5. The van der Waals surface area contributed by atoms with Crippen LogP contribution in [-0.2, 0) is 14.3 Å². The Morgan fingerprint density at radius 3 is 1.91 bits per heavy atom. The van der Waals surface area contributed by atoms with E-state index in [9.17, 15) is 29.7 Å². The summed E-state index contributed by atoms with van der Waals surface area (Å²) in [6.07, 6.45) is 15.4. The molecule has 0 radical (unpaired) electrons. The number of amides is 2. The molecule has 2 rings (SSSR count). The second-order valence-corrected chi connectivity index (χ2v) is 12.2.